The molecule has 64 valence electrons. The first-order valence-corrected chi connectivity index (χ1v) is 4.33. The number of alkyl halides is 1. The Balaban J connectivity index is 3.11. The summed E-state index contributed by atoms with van der Waals surface area (Å²) in [6, 6.07) is 4.82. The van der Waals surface area contributed by atoms with E-state index in [-0.39, 0.29) is 0 Å². The van der Waals surface area contributed by atoms with Gasteiger partial charge in [-0.15, -0.1) is 0 Å². The molecule has 0 aliphatic carbocycles. The molecule has 0 saturated carbocycles. The standard InChI is InChI=1S/C9H8BrFO/c1-6(11)8-3-2-7(5-12)4-9(8)10/h2-6H,1H3. The van der Waals surface area contributed by atoms with Crippen LogP contribution in [0.5, 0.6) is 0 Å². The minimum Gasteiger partial charge on any atom is -0.298 e. The van der Waals surface area contributed by atoms with E-state index in [2.05, 4.69) is 15.9 Å². The van der Waals surface area contributed by atoms with E-state index in [1.165, 1.54) is 6.92 Å². The summed E-state index contributed by atoms with van der Waals surface area (Å²) < 4.78 is 13.5. The molecule has 1 nitrogen and oxygen atoms in total. The van der Waals surface area contributed by atoms with Gasteiger partial charge in [0.15, 0.2) is 0 Å². The first-order valence-electron chi connectivity index (χ1n) is 3.54. The van der Waals surface area contributed by atoms with Gasteiger partial charge < -0.3 is 0 Å². The molecule has 0 fully saturated rings. The minimum absolute atomic E-state index is 0.547. The molecule has 0 aromatic heterocycles. The second-order valence-corrected chi connectivity index (χ2v) is 3.37. The van der Waals surface area contributed by atoms with E-state index in [9.17, 15) is 9.18 Å². The number of hydrogen-bond acceptors (Lipinski definition) is 1. The fraction of sp³-hybridized carbons (Fsp3) is 0.222. The quantitative estimate of drug-likeness (QED) is 0.713. The number of carbonyl (C=O) groups excluding carboxylic acids is 1. The molecule has 0 radical (unpaired) electrons. The largest absolute Gasteiger partial charge is 0.298 e. The maximum absolute atomic E-state index is 12.8. The fourth-order valence-corrected chi connectivity index (χ4v) is 1.65. The molecule has 0 bridgehead atoms. The Hall–Kier alpha value is -0.700. The van der Waals surface area contributed by atoms with Crippen molar-refractivity contribution in [2.24, 2.45) is 0 Å². The van der Waals surface area contributed by atoms with Gasteiger partial charge in [0.1, 0.15) is 12.5 Å². The lowest BCUT2D eigenvalue weighted by atomic mass is 10.1. The van der Waals surface area contributed by atoms with Gasteiger partial charge in [-0.25, -0.2) is 4.39 Å². The number of rotatable bonds is 2. The molecule has 0 saturated heterocycles. The highest BCUT2D eigenvalue weighted by Gasteiger charge is 2.07. The zero-order valence-electron chi connectivity index (χ0n) is 6.55. The zero-order chi connectivity index (χ0) is 9.14. The topological polar surface area (TPSA) is 17.1 Å². The van der Waals surface area contributed by atoms with Gasteiger partial charge in [-0.1, -0.05) is 28.1 Å². The van der Waals surface area contributed by atoms with Gasteiger partial charge in [0.25, 0.3) is 0 Å². The van der Waals surface area contributed by atoms with Crippen molar-refractivity contribution in [1.29, 1.82) is 0 Å². The van der Waals surface area contributed by atoms with Crippen molar-refractivity contribution in [3.63, 3.8) is 0 Å². The van der Waals surface area contributed by atoms with E-state index in [0.717, 1.165) is 6.29 Å². The van der Waals surface area contributed by atoms with Crippen molar-refractivity contribution in [1.82, 2.24) is 0 Å². The number of benzene rings is 1. The molecular weight excluding hydrogens is 223 g/mol. The van der Waals surface area contributed by atoms with Crippen LogP contribution in [-0.2, 0) is 0 Å². The van der Waals surface area contributed by atoms with Crippen molar-refractivity contribution >= 4 is 22.2 Å². The van der Waals surface area contributed by atoms with Crippen LogP contribution in [-0.4, -0.2) is 6.29 Å². The lowest BCUT2D eigenvalue weighted by Gasteiger charge is -2.04. The molecule has 0 heterocycles. The lowest BCUT2D eigenvalue weighted by Crippen LogP contribution is -1.89. The number of carbonyl (C=O) groups is 1. The summed E-state index contributed by atoms with van der Waals surface area (Å²) in [7, 11) is 0. The highest BCUT2D eigenvalue weighted by atomic mass is 79.9. The second kappa shape index (κ2) is 3.81. The van der Waals surface area contributed by atoms with E-state index in [0.29, 0.717) is 15.6 Å². The van der Waals surface area contributed by atoms with Crippen LogP contribution in [0.2, 0.25) is 0 Å². The van der Waals surface area contributed by atoms with E-state index >= 15 is 0 Å². The molecule has 3 heteroatoms. The Kier molecular flexibility index (Phi) is 2.98. The molecule has 12 heavy (non-hydrogen) atoms. The highest BCUT2D eigenvalue weighted by molar-refractivity contribution is 9.10. The van der Waals surface area contributed by atoms with E-state index in [4.69, 9.17) is 0 Å². The van der Waals surface area contributed by atoms with E-state index in [1.54, 1.807) is 18.2 Å². The van der Waals surface area contributed by atoms with E-state index < -0.39 is 6.17 Å². The number of hydrogen-bond donors (Lipinski definition) is 0. The summed E-state index contributed by atoms with van der Waals surface area (Å²) in [5.74, 6) is 0. The molecule has 0 N–H and O–H groups in total. The lowest BCUT2D eigenvalue weighted by molar-refractivity contribution is 0.112. The average Bonchev–Trinajstić information content (AvgIpc) is 2.03. The van der Waals surface area contributed by atoms with Crippen LogP contribution in [0.4, 0.5) is 4.39 Å². The van der Waals surface area contributed by atoms with Gasteiger partial charge in [0.2, 0.25) is 0 Å². The Labute approximate surface area is 78.7 Å². The Morgan fingerprint density at radius 3 is 2.67 bits per heavy atom. The molecule has 1 rings (SSSR count). The normalized spacial score (nSPS) is 12.6. The smallest absolute Gasteiger partial charge is 0.150 e. The minimum atomic E-state index is -1.01. The summed E-state index contributed by atoms with van der Waals surface area (Å²) >= 11 is 3.19. The van der Waals surface area contributed by atoms with Crippen molar-refractivity contribution in [2.45, 2.75) is 13.1 Å². The molecule has 1 aromatic carbocycles. The molecule has 1 aromatic rings. The van der Waals surface area contributed by atoms with Gasteiger partial charge in [-0.05, 0) is 18.6 Å². The van der Waals surface area contributed by atoms with Crippen LogP contribution < -0.4 is 0 Å². The van der Waals surface area contributed by atoms with Gasteiger partial charge >= 0.3 is 0 Å². The fourth-order valence-electron chi connectivity index (χ4n) is 0.939. The summed E-state index contributed by atoms with van der Waals surface area (Å²) in [4.78, 5) is 10.3. The molecule has 0 amide bonds. The first-order chi connectivity index (χ1) is 5.65. The summed E-state index contributed by atoms with van der Waals surface area (Å²) in [6.07, 6.45) is -0.280. The summed E-state index contributed by atoms with van der Waals surface area (Å²) in [5.41, 5.74) is 1.12. The number of aldehydes is 1. The predicted octanol–water partition coefficient (Wildman–Crippen LogP) is 3.29. The van der Waals surface area contributed by atoms with Gasteiger partial charge in [-0.3, -0.25) is 4.79 Å². The number of halogens is 2. The SMILES string of the molecule is CC(F)c1ccc(C=O)cc1Br. The predicted molar refractivity (Wildman–Crippen MR) is 49.1 cm³/mol. The molecule has 0 spiro atoms. The maximum atomic E-state index is 12.8. The summed E-state index contributed by atoms with van der Waals surface area (Å²) in [6.45, 7) is 1.46. The Morgan fingerprint density at radius 1 is 1.58 bits per heavy atom. The van der Waals surface area contributed by atoms with Crippen LogP contribution >= 0.6 is 15.9 Å². The van der Waals surface area contributed by atoms with Crippen LogP contribution in [0, 0.1) is 0 Å². The zero-order valence-corrected chi connectivity index (χ0v) is 8.14. The monoisotopic (exact) mass is 230 g/mol. The first kappa shape index (κ1) is 9.39. The third-order valence-corrected chi connectivity index (χ3v) is 2.28. The van der Waals surface area contributed by atoms with Gasteiger partial charge in [0.05, 0.1) is 0 Å². The van der Waals surface area contributed by atoms with Crippen molar-refractivity contribution in [2.75, 3.05) is 0 Å². The van der Waals surface area contributed by atoms with Crippen molar-refractivity contribution < 1.29 is 9.18 Å². The molecule has 1 atom stereocenters. The Morgan fingerprint density at radius 2 is 2.25 bits per heavy atom. The molecule has 1 unspecified atom stereocenters. The maximum Gasteiger partial charge on any atom is 0.150 e. The van der Waals surface area contributed by atoms with Gasteiger partial charge in [0, 0.05) is 10.0 Å². The van der Waals surface area contributed by atoms with Crippen LogP contribution in [0.3, 0.4) is 0 Å². The molecule has 0 aliphatic rings. The van der Waals surface area contributed by atoms with E-state index in [1.807, 2.05) is 0 Å². The third-order valence-electron chi connectivity index (χ3n) is 1.59. The van der Waals surface area contributed by atoms with Crippen LogP contribution in [0.1, 0.15) is 29.0 Å². The van der Waals surface area contributed by atoms with Crippen LogP contribution in [0.15, 0.2) is 22.7 Å². The summed E-state index contributed by atoms with van der Waals surface area (Å²) in [5, 5.41) is 0. The van der Waals surface area contributed by atoms with Gasteiger partial charge in [-0.2, -0.15) is 0 Å². The average molecular weight is 231 g/mol. The molecule has 0 aliphatic heterocycles. The third kappa shape index (κ3) is 1.91. The van der Waals surface area contributed by atoms with Crippen molar-refractivity contribution in [3.05, 3.63) is 33.8 Å². The van der Waals surface area contributed by atoms with Crippen molar-refractivity contribution in [3.8, 4) is 0 Å². The van der Waals surface area contributed by atoms with Crippen LogP contribution in [0.25, 0.3) is 0 Å². The Bertz CT molecular complexity index is 297. The molecular formula is C9H8BrFO. The highest BCUT2D eigenvalue weighted by Crippen LogP contribution is 2.26. The second-order valence-electron chi connectivity index (χ2n) is 2.51.